The van der Waals surface area contributed by atoms with Gasteiger partial charge in [-0.05, 0) is 63.0 Å². The summed E-state index contributed by atoms with van der Waals surface area (Å²) in [7, 11) is 0. The summed E-state index contributed by atoms with van der Waals surface area (Å²) in [6.45, 7) is 6.80. The molecule has 0 bridgehead atoms. The van der Waals surface area contributed by atoms with Gasteiger partial charge < -0.3 is 14.6 Å². The number of likely N-dealkylation sites (tertiary alicyclic amines) is 1. The highest BCUT2D eigenvalue weighted by Gasteiger charge is 2.27. The zero-order valence-corrected chi connectivity index (χ0v) is 16.6. The van der Waals surface area contributed by atoms with Crippen molar-refractivity contribution in [1.29, 1.82) is 0 Å². The van der Waals surface area contributed by atoms with Crippen molar-refractivity contribution in [3.63, 3.8) is 0 Å². The number of piperidine rings is 1. The molecule has 2 aromatic carbocycles. The zero-order valence-electron chi connectivity index (χ0n) is 16.6. The molecule has 150 valence electrons. The van der Waals surface area contributed by atoms with Crippen LogP contribution in [0.15, 0.2) is 48.5 Å². The Hall–Kier alpha value is -2.53. The number of ether oxygens (including phenoxy) is 2. The van der Waals surface area contributed by atoms with Crippen LogP contribution in [0, 0.1) is 5.92 Å². The predicted octanol–water partition coefficient (Wildman–Crippen LogP) is 4.52. The van der Waals surface area contributed by atoms with Gasteiger partial charge in [0.25, 0.3) is 0 Å². The third kappa shape index (κ3) is 5.04. The van der Waals surface area contributed by atoms with Crippen LogP contribution in [-0.2, 0) is 11.4 Å². The van der Waals surface area contributed by atoms with E-state index in [1.807, 2.05) is 43.3 Å². The molecule has 1 saturated heterocycles. The van der Waals surface area contributed by atoms with Crippen molar-refractivity contribution in [3.8, 4) is 11.5 Å². The summed E-state index contributed by atoms with van der Waals surface area (Å²) < 4.78 is 11.8. The van der Waals surface area contributed by atoms with Gasteiger partial charge >= 0.3 is 5.97 Å². The molecule has 1 aliphatic rings. The van der Waals surface area contributed by atoms with Crippen LogP contribution in [0.4, 0.5) is 0 Å². The van der Waals surface area contributed by atoms with Gasteiger partial charge in [0.2, 0.25) is 0 Å². The molecule has 0 spiro atoms. The van der Waals surface area contributed by atoms with Crippen molar-refractivity contribution < 1.29 is 19.4 Å². The van der Waals surface area contributed by atoms with E-state index >= 15 is 0 Å². The molecular weight excluding hydrogens is 354 g/mol. The summed E-state index contributed by atoms with van der Waals surface area (Å²) in [4.78, 5) is 13.5. The van der Waals surface area contributed by atoms with Crippen LogP contribution in [-0.4, -0.2) is 35.7 Å². The van der Waals surface area contributed by atoms with Gasteiger partial charge in [-0.1, -0.05) is 36.4 Å². The molecule has 1 aliphatic heterocycles. The fraction of sp³-hybridized carbons (Fsp3) is 0.435. The Balaban J connectivity index is 1.68. The number of carboxylic acid groups (broad SMARTS) is 1. The van der Waals surface area contributed by atoms with Crippen molar-refractivity contribution in [2.24, 2.45) is 5.92 Å². The number of nitrogens with zero attached hydrogens (tertiary/aromatic N) is 1. The van der Waals surface area contributed by atoms with Crippen LogP contribution in [0.25, 0.3) is 0 Å². The number of hydrogen-bond donors (Lipinski definition) is 1. The van der Waals surface area contributed by atoms with Gasteiger partial charge in [-0.25, -0.2) is 0 Å². The molecule has 0 saturated carbocycles. The maximum absolute atomic E-state index is 11.2. The smallest absolute Gasteiger partial charge is 0.306 e. The third-order valence-electron chi connectivity index (χ3n) is 5.41. The minimum Gasteiger partial charge on any atom is -0.490 e. The first-order valence-corrected chi connectivity index (χ1v) is 9.98. The van der Waals surface area contributed by atoms with E-state index in [-0.39, 0.29) is 12.0 Å². The second kappa shape index (κ2) is 9.60. The fourth-order valence-electron chi connectivity index (χ4n) is 3.65. The van der Waals surface area contributed by atoms with Gasteiger partial charge in [-0.3, -0.25) is 9.69 Å². The van der Waals surface area contributed by atoms with E-state index < -0.39 is 5.97 Å². The topological polar surface area (TPSA) is 59.0 Å². The van der Waals surface area contributed by atoms with Gasteiger partial charge in [0.1, 0.15) is 6.61 Å². The molecule has 5 heteroatoms. The Bertz CT molecular complexity index is 769. The van der Waals surface area contributed by atoms with Crippen molar-refractivity contribution in [1.82, 2.24) is 4.90 Å². The average molecular weight is 383 g/mol. The maximum atomic E-state index is 11.2. The number of carbonyl (C=O) groups is 1. The van der Waals surface area contributed by atoms with Gasteiger partial charge in [-0.15, -0.1) is 0 Å². The fourth-order valence-corrected chi connectivity index (χ4v) is 3.65. The highest BCUT2D eigenvalue weighted by Crippen LogP contribution is 2.34. The van der Waals surface area contributed by atoms with Crippen molar-refractivity contribution in [2.45, 2.75) is 39.3 Å². The quantitative estimate of drug-likeness (QED) is 0.726. The van der Waals surface area contributed by atoms with Gasteiger partial charge in [0.05, 0.1) is 12.5 Å². The normalized spacial score (nSPS) is 16.5. The van der Waals surface area contributed by atoms with Crippen molar-refractivity contribution in [3.05, 3.63) is 59.7 Å². The lowest BCUT2D eigenvalue weighted by molar-refractivity contribution is -0.143. The van der Waals surface area contributed by atoms with Crippen molar-refractivity contribution >= 4 is 5.97 Å². The lowest BCUT2D eigenvalue weighted by Crippen LogP contribution is -2.37. The van der Waals surface area contributed by atoms with Crippen LogP contribution >= 0.6 is 0 Å². The Morgan fingerprint density at radius 1 is 1.11 bits per heavy atom. The van der Waals surface area contributed by atoms with Crippen LogP contribution in [0.2, 0.25) is 0 Å². The second-order valence-corrected chi connectivity index (χ2v) is 7.24. The molecule has 0 aromatic heterocycles. The molecule has 1 atom stereocenters. The Morgan fingerprint density at radius 3 is 2.46 bits per heavy atom. The Morgan fingerprint density at radius 2 is 1.82 bits per heavy atom. The molecule has 3 rings (SSSR count). The first-order valence-electron chi connectivity index (χ1n) is 9.98. The molecule has 28 heavy (non-hydrogen) atoms. The molecule has 0 radical (unpaired) electrons. The van der Waals surface area contributed by atoms with Gasteiger partial charge in [0.15, 0.2) is 11.5 Å². The molecule has 2 aromatic rings. The summed E-state index contributed by atoms with van der Waals surface area (Å²) in [6.07, 6.45) is 1.41. The lowest BCUT2D eigenvalue weighted by atomic mass is 9.95. The number of aliphatic carboxylic acids is 1. The Kier molecular flexibility index (Phi) is 6.93. The SMILES string of the molecule is CCOc1cc(C(C)N2CCC(C(=O)O)CC2)ccc1OCc1ccccc1. The van der Waals surface area contributed by atoms with E-state index in [0.717, 1.165) is 35.7 Å². The molecule has 5 nitrogen and oxygen atoms in total. The predicted molar refractivity (Wildman–Crippen MR) is 109 cm³/mol. The molecule has 1 fully saturated rings. The van der Waals surface area contributed by atoms with E-state index in [4.69, 9.17) is 9.47 Å². The Labute approximate surface area is 166 Å². The van der Waals surface area contributed by atoms with Crippen LogP contribution < -0.4 is 9.47 Å². The van der Waals surface area contributed by atoms with Crippen LogP contribution in [0.1, 0.15) is 43.9 Å². The van der Waals surface area contributed by atoms with E-state index in [9.17, 15) is 9.90 Å². The maximum Gasteiger partial charge on any atom is 0.306 e. The summed E-state index contributed by atoms with van der Waals surface area (Å²) >= 11 is 0. The van der Waals surface area contributed by atoms with Crippen molar-refractivity contribution in [2.75, 3.05) is 19.7 Å². The van der Waals surface area contributed by atoms with E-state index in [0.29, 0.717) is 26.1 Å². The standard InChI is InChI=1S/C23H29NO4/c1-3-27-22-15-20(17(2)24-13-11-19(12-14-24)23(25)26)9-10-21(22)28-16-18-7-5-4-6-8-18/h4-10,15,17,19H,3,11-14,16H2,1-2H3,(H,25,26). The molecule has 1 unspecified atom stereocenters. The van der Waals surface area contributed by atoms with E-state index in [1.54, 1.807) is 0 Å². The molecule has 0 amide bonds. The minimum atomic E-state index is -0.675. The highest BCUT2D eigenvalue weighted by atomic mass is 16.5. The van der Waals surface area contributed by atoms with Gasteiger partial charge in [-0.2, -0.15) is 0 Å². The third-order valence-corrected chi connectivity index (χ3v) is 5.41. The molecular formula is C23H29NO4. The van der Waals surface area contributed by atoms with E-state index in [2.05, 4.69) is 24.0 Å². The van der Waals surface area contributed by atoms with E-state index in [1.165, 1.54) is 0 Å². The molecule has 1 N–H and O–H groups in total. The highest BCUT2D eigenvalue weighted by molar-refractivity contribution is 5.70. The summed E-state index contributed by atoms with van der Waals surface area (Å²) in [5.41, 5.74) is 2.27. The van der Waals surface area contributed by atoms with Crippen LogP contribution in [0.3, 0.4) is 0 Å². The number of carboxylic acids is 1. The lowest BCUT2D eigenvalue weighted by Gasteiger charge is -2.35. The summed E-state index contributed by atoms with van der Waals surface area (Å²) in [5.74, 6) is 0.608. The second-order valence-electron chi connectivity index (χ2n) is 7.24. The summed E-state index contributed by atoms with van der Waals surface area (Å²) in [6, 6.07) is 16.4. The zero-order chi connectivity index (χ0) is 19.9. The van der Waals surface area contributed by atoms with Gasteiger partial charge in [0, 0.05) is 6.04 Å². The molecule has 0 aliphatic carbocycles. The first kappa shape index (κ1) is 20.2. The number of hydrogen-bond acceptors (Lipinski definition) is 4. The largest absolute Gasteiger partial charge is 0.490 e. The summed E-state index contributed by atoms with van der Waals surface area (Å²) in [5, 5.41) is 9.19. The van der Waals surface area contributed by atoms with Crippen LogP contribution in [0.5, 0.6) is 11.5 Å². The number of rotatable bonds is 8. The monoisotopic (exact) mass is 383 g/mol. The molecule has 1 heterocycles. The first-order chi connectivity index (χ1) is 13.6. The minimum absolute atomic E-state index is 0.206. The average Bonchev–Trinajstić information content (AvgIpc) is 2.73. The number of benzene rings is 2.